The summed E-state index contributed by atoms with van der Waals surface area (Å²) in [6.45, 7) is 5.74. The Morgan fingerprint density at radius 1 is 1.46 bits per heavy atom. The summed E-state index contributed by atoms with van der Waals surface area (Å²) in [6.07, 6.45) is 1.80. The highest BCUT2D eigenvalue weighted by Gasteiger charge is 2.32. The van der Waals surface area contributed by atoms with Gasteiger partial charge in [-0.25, -0.2) is 0 Å². The minimum Gasteiger partial charge on any atom is -0.481 e. The summed E-state index contributed by atoms with van der Waals surface area (Å²) < 4.78 is 0. The zero-order valence-corrected chi connectivity index (χ0v) is 8.71. The Labute approximate surface area is 79.8 Å². The van der Waals surface area contributed by atoms with Gasteiger partial charge in [-0.1, -0.05) is 27.2 Å². The minimum absolute atomic E-state index is 0.0463. The molecular formula is C10H20O3. The van der Waals surface area contributed by atoms with Crippen molar-refractivity contribution in [2.75, 3.05) is 0 Å². The van der Waals surface area contributed by atoms with Gasteiger partial charge in [-0.15, -0.1) is 0 Å². The summed E-state index contributed by atoms with van der Waals surface area (Å²) in [7, 11) is 0. The van der Waals surface area contributed by atoms with E-state index in [-0.39, 0.29) is 6.42 Å². The summed E-state index contributed by atoms with van der Waals surface area (Å²) >= 11 is 0. The van der Waals surface area contributed by atoms with E-state index < -0.39 is 17.5 Å². The molecule has 2 unspecified atom stereocenters. The van der Waals surface area contributed by atoms with Crippen LogP contribution in [0.25, 0.3) is 0 Å². The SMILES string of the molecule is CCCC(O)C(C)(CC)CC(=O)O. The number of hydrogen-bond donors (Lipinski definition) is 2. The van der Waals surface area contributed by atoms with Gasteiger partial charge < -0.3 is 10.2 Å². The lowest BCUT2D eigenvalue weighted by atomic mass is 9.77. The minimum atomic E-state index is -0.834. The molecule has 2 N–H and O–H groups in total. The fourth-order valence-corrected chi connectivity index (χ4v) is 1.45. The number of carbonyl (C=O) groups is 1. The topological polar surface area (TPSA) is 57.5 Å². The normalized spacial score (nSPS) is 17.8. The molecule has 0 radical (unpaired) electrons. The Bertz CT molecular complexity index is 168. The fraction of sp³-hybridized carbons (Fsp3) is 0.900. The van der Waals surface area contributed by atoms with Crippen LogP contribution in [-0.4, -0.2) is 22.3 Å². The van der Waals surface area contributed by atoms with Crippen molar-refractivity contribution in [2.24, 2.45) is 5.41 Å². The molecule has 0 saturated carbocycles. The van der Waals surface area contributed by atoms with Crippen LogP contribution in [0.15, 0.2) is 0 Å². The maximum atomic E-state index is 10.6. The molecule has 0 aromatic heterocycles. The van der Waals surface area contributed by atoms with E-state index in [0.717, 1.165) is 6.42 Å². The van der Waals surface area contributed by atoms with E-state index >= 15 is 0 Å². The van der Waals surface area contributed by atoms with Crippen LogP contribution in [0.3, 0.4) is 0 Å². The lowest BCUT2D eigenvalue weighted by Gasteiger charge is -2.31. The average molecular weight is 188 g/mol. The van der Waals surface area contributed by atoms with E-state index in [1.807, 2.05) is 20.8 Å². The number of aliphatic carboxylic acids is 1. The van der Waals surface area contributed by atoms with Crippen LogP contribution >= 0.6 is 0 Å². The second-order valence-electron chi connectivity index (χ2n) is 3.88. The summed E-state index contributed by atoms with van der Waals surface area (Å²) in [4.78, 5) is 10.6. The van der Waals surface area contributed by atoms with Crippen molar-refractivity contribution in [3.05, 3.63) is 0 Å². The molecule has 0 rings (SSSR count). The first kappa shape index (κ1) is 12.4. The summed E-state index contributed by atoms with van der Waals surface area (Å²) in [5, 5.41) is 18.4. The van der Waals surface area contributed by atoms with Crippen molar-refractivity contribution < 1.29 is 15.0 Å². The number of rotatable bonds is 6. The largest absolute Gasteiger partial charge is 0.481 e. The summed E-state index contributed by atoms with van der Waals surface area (Å²) in [5.41, 5.74) is -0.470. The predicted molar refractivity (Wildman–Crippen MR) is 51.6 cm³/mol. The quantitative estimate of drug-likeness (QED) is 0.670. The van der Waals surface area contributed by atoms with Crippen LogP contribution in [0.4, 0.5) is 0 Å². The van der Waals surface area contributed by atoms with Crippen molar-refractivity contribution in [3.63, 3.8) is 0 Å². The Morgan fingerprint density at radius 2 is 2.00 bits per heavy atom. The van der Waals surface area contributed by atoms with Gasteiger partial charge in [0, 0.05) is 5.41 Å². The van der Waals surface area contributed by atoms with Gasteiger partial charge in [0.25, 0.3) is 0 Å². The zero-order valence-electron chi connectivity index (χ0n) is 8.71. The van der Waals surface area contributed by atoms with Gasteiger partial charge in [0.05, 0.1) is 12.5 Å². The molecule has 13 heavy (non-hydrogen) atoms. The maximum Gasteiger partial charge on any atom is 0.303 e. The molecule has 0 spiro atoms. The molecular weight excluding hydrogens is 168 g/mol. The van der Waals surface area contributed by atoms with Gasteiger partial charge in [-0.2, -0.15) is 0 Å². The van der Waals surface area contributed by atoms with Crippen LogP contribution in [0.5, 0.6) is 0 Å². The molecule has 0 heterocycles. The van der Waals surface area contributed by atoms with Crippen LogP contribution in [0, 0.1) is 5.41 Å². The van der Waals surface area contributed by atoms with E-state index in [1.165, 1.54) is 0 Å². The molecule has 0 saturated heterocycles. The lowest BCUT2D eigenvalue weighted by molar-refractivity contribution is -0.142. The maximum absolute atomic E-state index is 10.6. The number of carboxylic acids is 1. The second-order valence-corrected chi connectivity index (χ2v) is 3.88. The third-order valence-corrected chi connectivity index (χ3v) is 2.73. The molecule has 0 amide bonds. The van der Waals surface area contributed by atoms with Crippen LogP contribution in [0.1, 0.15) is 46.5 Å². The molecule has 0 bridgehead atoms. The smallest absolute Gasteiger partial charge is 0.303 e. The van der Waals surface area contributed by atoms with Gasteiger partial charge in [0.1, 0.15) is 0 Å². The first-order valence-corrected chi connectivity index (χ1v) is 4.86. The highest BCUT2D eigenvalue weighted by atomic mass is 16.4. The number of hydrogen-bond acceptors (Lipinski definition) is 2. The molecule has 0 aromatic rings. The second kappa shape index (κ2) is 5.22. The predicted octanol–water partition coefficient (Wildman–Crippen LogP) is 2.04. The molecule has 0 fully saturated rings. The molecule has 0 aliphatic heterocycles. The van der Waals surface area contributed by atoms with Gasteiger partial charge in [-0.3, -0.25) is 4.79 Å². The zero-order chi connectivity index (χ0) is 10.5. The van der Waals surface area contributed by atoms with Crippen molar-refractivity contribution in [1.82, 2.24) is 0 Å². The van der Waals surface area contributed by atoms with Gasteiger partial charge >= 0.3 is 5.97 Å². The number of aliphatic hydroxyl groups is 1. The van der Waals surface area contributed by atoms with E-state index in [4.69, 9.17) is 5.11 Å². The standard InChI is InChI=1S/C10H20O3/c1-4-6-8(11)10(3,5-2)7-9(12)13/h8,11H,4-7H2,1-3H3,(H,12,13). The average Bonchev–Trinajstić information content (AvgIpc) is 2.03. The van der Waals surface area contributed by atoms with E-state index in [1.54, 1.807) is 0 Å². The Hall–Kier alpha value is -0.570. The molecule has 78 valence electrons. The first-order valence-electron chi connectivity index (χ1n) is 4.86. The Balaban J connectivity index is 4.32. The summed E-state index contributed by atoms with van der Waals surface area (Å²) in [6, 6.07) is 0. The Kier molecular flexibility index (Phi) is 4.99. The van der Waals surface area contributed by atoms with Crippen molar-refractivity contribution in [3.8, 4) is 0 Å². The van der Waals surface area contributed by atoms with Gasteiger partial charge in [0.2, 0.25) is 0 Å². The molecule has 3 heteroatoms. The Morgan fingerprint density at radius 3 is 2.31 bits per heavy atom. The highest BCUT2D eigenvalue weighted by Crippen LogP contribution is 2.32. The molecule has 0 aromatic carbocycles. The van der Waals surface area contributed by atoms with E-state index in [0.29, 0.717) is 12.8 Å². The molecule has 2 atom stereocenters. The van der Waals surface area contributed by atoms with Crippen molar-refractivity contribution >= 4 is 5.97 Å². The molecule has 3 nitrogen and oxygen atoms in total. The molecule has 0 aliphatic rings. The monoisotopic (exact) mass is 188 g/mol. The van der Waals surface area contributed by atoms with E-state index in [9.17, 15) is 9.90 Å². The first-order chi connectivity index (χ1) is 5.96. The van der Waals surface area contributed by atoms with Crippen LogP contribution < -0.4 is 0 Å². The van der Waals surface area contributed by atoms with Crippen molar-refractivity contribution in [2.45, 2.75) is 52.6 Å². The fourth-order valence-electron chi connectivity index (χ4n) is 1.45. The van der Waals surface area contributed by atoms with Crippen LogP contribution in [0.2, 0.25) is 0 Å². The highest BCUT2D eigenvalue weighted by molar-refractivity contribution is 5.67. The number of aliphatic hydroxyl groups excluding tert-OH is 1. The lowest BCUT2D eigenvalue weighted by Crippen LogP contribution is -2.34. The van der Waals surface area contributed by atoms with E-state index in [2.05, 4.69) is 0 Å². The van der Waals surface area contributed by atoms with Gasteiger partial charge in [0.15, 0.2) is 0 Å². The van der Waals surface area contributed by atoms with Crippen LogP contribution in [-0.2, 0) is 4.79 Å². The summed E-state index contributed by atoms with van der Waals surface area (Å²) in [5.74, 6) is -0.834. The number of carboxylic acid groups (broad SMARTS) is 1. The third-order valence-electron chi connectivity index (χ3n) is 2.73. The third kappa shape index (κ3) is 3.77. The van der Waals surface area contributed by atoms with Gasteiger partial charge in [-0.05, 0) is 12.8 Å². The molecule has 0 aliphatic carbocycles. The van der Waals surface area contributed by atoms with Crippen molar-refractivity contribution in [1.29, 1.82) is 0 Å².